The van der Waals surface area contributed by atoms with E-state index in [1.165, 1.54) is 13.1 Å². The van der Waals surface area contributed by atoms with E-state index in [4.69, 9.17) is 28.5 Å². The average Bonchev–Trinajstić information content (AvgIpc) is 2.63. The molecule has 10 heteroatoms. The molecule has 2 atom stereocenters. The number of benzene rings is 1. The van der Waals surface area contributed by atoms with Crippen molar-refractivity contribution < 1.29 is 14.7 Å². The number of aromatic nitrogens is 2. The van der Waals surface area contributed by atoms with Gasteiger partial charge in [0, 0.05) is 16.2 Å². The predicted octanol–water partition coefficient (Wildman–Crippen LogP) is 1.38. The molecule has 0 saturated heterocycles. The number of carbonyl (C=O) groups is 2. The van der Waals surface area contributed by atoms with Gasteiger partial charge < -0.3 is 15.7 Å². The summed E-state index contributed by atoms with van der Waals surface area (Å²) in [6, 6.07) is 6.90. The fourth-order valence-electron chi connectivity index (χ4n) is 2.36. The maximum atomic E-state index is 12.4. The Kier molecular flexibility index (Phi) is 7.70. The first kappa shape index (κ1) is 21.6. The maximum Gasteiger partial charge on any atom is 0.245 e. The van der Waals surface area contributed by atoms with Crippen LogP contribution in [0.25, 0.3) is 0 Å². The zero-order chi connectivity index (χ0) is 20.7. The van der Waals surface area contributed by atoms with Crippen LogP contribution in [0.1, 0.15) is 24.0 Å². The van der Waals surface area contributed by atoms with Crippen LogP contribution in [0.15, 0.2) is 30.5 Å². The summed E-state index contributed by atoms with van der Waals surface area (Å²) < 4.78 is 0. The van der Waals surface area contributed by atoms with Crippen LogP contribution in [0.5, 0.6) is 0 Å². The summed E-state index contributed by atoms with van der Waals surface area (Å²) in [5.41, 5.74) is 0.994. The van der Waals surface area contributed by atoms with Crippen molar-refractivity contribution >= 4 is 35.0 Å². The minimum atomic E-state index is -1.17. The second kappa shape index (κ2) is 9.99. The summed E-state index contributed by atoms with van der Waals surface area (Å²) >= 11 is 11.8. The van der Waals surface area contributed by atoms with Gasteiger partial charge in [0.05, 0.1) is 24.8 Å². The number of aliphatic hydroxyl groups is 1. The largest absolute Gasteiger partial charge is 0.391 e. The molecule has 0 unspecified atom stereocenters. The number of hydrogen-bond donors (Lipinski definition) is 3. The molecule has 0 aliphatic rings. The van der Waals surface area contributed by atoms with E-state index in [2.05, 4.69) is 20.6 Å². The van der Waals surface area contributed by atoms with Crippen LogP contribution >= 0.6 is 23.2 Å². The lowest BCUT2D eigenvalue weighted by molar-refractivity contribution is -0.131. The Morgan fingerprint density at radius 1 is 1.29 bits per heavy atom. The highest BCUT2D eigenvalue weighted by molar-refractivity contribution is 6.34. The number of nitriles is 1. The van der Waals surface area contributed by atoms with E-state index in [-0.39, 0.29) is 18.8 Å². The summed E-state index contributed by atoms with van der Waals surface area (Å²) in [5, 5.41) is 24.5. The summed E-state index contributed by atoms with van der Waals surface area (Å²) in [7, 11) is 0. The molecule has 1 heterocycles. The van der Waals surface area contributed by atoms with Gasteiger partial charge in [-0.15, -0.1) is 0 Å². The third kappa shape index (κ3) is 6.46. The highest BCUT2D eigenvalue weighted by Gasteiger charge is 2.25. The van der Waals surface area contributed by atoms with E-state index >= 15 is 0 Å². The van der Waals surface area contributed by atoms with Crippen LogP contribution in [0.4, 0.5) is 0 Å². The van der Waals surface area contributed by atoms with Crippen LogP contribution in [0.3, 0.4) is 0 Å². The number of nitrogens with one attached hydrogen (secondary N) is 2. The zero-order valence-electron chi connectivity index (χ0n) is 14.8. The van der Waals surface area contributed by atoms with E-state index < -0.39 is 24.0 Å². The van der Waals surface area contributed by atoms with Gasteiger partial charge in [-0.1, -0.05) is 23.2 Å². The molecule has 2 amide bonds. The average molecular weight is 422 g/mol. The van der Waals surface area contributed by atoms with Gasteiger partial charge in [0.2, 0.25) is 17.6 Å². The first-order valence-electron chi connectivity index (χ1n) is 8.20. The van der Waals surface area contributed by atoms with Crippen molar-refractivity contribution in [3.8, 4) is 6.07 Å². The molecule has 0 fully saturated rings. The number of amides is 2. The molecule has 1 aromatic heterocycles. The Balaban J connectivity index is 1.98. The monoisotopic (exact) mass is 421 g/mol. The van der Waals surface area contributed by atoms with E-state index in [9.17, 15) is 14.7 Å². The summed E-state index contributed by atoms with van der Waals surface area (Å²) in [5.74, 6) is -1.09. The second-order valence-electron chi connectivity index (χ2n) is 5.94. The number of hydrogen-bond acceptors (Lipinski definition) is 6. The highest BCUT2D eigenvalue weighted by atomic mass is 35.5. The minimum Gasteiger partial charge on any atom is -0.391 e. The number of carbonyl (C=O) groups excluding carboxylic acids is 2. The molecular weight excluding hydrogens is 405 g/mol. The molecule has 0 aliphatic carbocycles. The van der Waals surface area contributed by atoms with Crippen LogP contribution in [0.2, 0.25) is 10.0 Å². The Labute approximate surface area is 171 Å². The molecule has 2 rings (SSSR count). The summed E-state index contributed by atoms with van der Waals surface area (Å²) in [6.45, 7) is 1.40. The van der Waals surface area contributed by atoms with Crippen molar-refractivity contribution in [2.24, 2.45) is 0 Å². The van der Waals surface area contributed by atoms with E-state index in [1.807, 2.05) is 0 Å². The van der Waals surface area contributed by atoms with Gasteiger partial charge in [-0.05, 0) is 36.8 Å². The fraction of sp³-hybridized carbons (Fsp3) is 0.278. The van der Waals surface area contributed by atoms with E-state index in [0.29, 0.717) is 21.3 Å². The molecule has 3 N–H and O–H groups in total. The molecule has 28 heavy (non-hydrogen) atoms. The van der Waals surface area contributed by atoms with Crippen LogP contribution in [-0.2, 0) is 22.6 Å². The van der Waals surface area contributed by atoms with Crippen LogP contribution in [0, 0.1) is 11.3 Å². The number of halogens is 2. The van der Waals surface area contributed by atoms with Crippen molar-refractivity contribution in [3.05, 3.63) is 57.6 Å². The van der Waals surface area contributed by atoms with Gasteiger partial charge in [-0.25, -0.2) is 9.97 Å². The molecule has 0 spiro atoms. The summed E-state index contributed by atoms with van der Waals surface area (Å²) in [4.78, 5) is 32.3. The lowest BCUT2D eigenvalue weighted by Gasteiger charge is -2.21. The van der Waals surface area contributed by atoms with Crippen molar-refractivity contribution in [2.45, 2.75) is 32.0 Å². The predicted molar refractivity (Wildman–Crippen MR) is 102 cm³/mol. The van der Waals surface area contributed by atoms with Crippen molar-refractivity contribution in [1.82, 2.24) is 20.6 Å². The zero-order valence-corrected chi connectivity index (χ0v) is 16.3. The SMILES string of the molecule is C[C@@H](O)[C@H](NC(=O)Cc1cc(Cl)cc(Cl)c1)C(=O)NCc1ccnc(C#N)n1. The normalized spacial score (nSPS) is 12.5. The van der Waals surface area contributed by atoms with Gasteiger partial charge in [-0.2, -0.15) is 5.26 Å². The molecule has 0 aliphatic heterocycles. The molecule has 8 nitrogen and oxygen atoms in total. The molecule has 0 saturated carbocycles. The molecule has 2 aromatic rings. The van der Waals surface area contributed by atoms with Gasteiger partial charge >= 0.3 is 0 Å². The van der Waals surface area contributed by atoms with Crippen molar-refractivity contribution in [3.63, 3.8) is 0 Å². The first-order valence-corrected chi connectivity index (χ1v) is 8.96. The van der Waals surface area contributed by atoms with Gasteiger partial charge in [-0.3, -0.25) is 9.59 Å². The van der Waals surface area contributed by atoms with E-state index in [1.54, 1.807) is 30.3 Å². The second-order valence-corrected chi connectivity index (χ2v) is 6.81. The highest BCUT2D eigenvalue weighted by Crippen LogP contribution is 2.19. The molecule has 0 radical (unpaired) electrons. The first-order chi connectivity index (χ1) is 13.3. The van der Waals surface area contributed by atoms with Crippen LogP contribution < -0.4 is 10.6 Å². The number of rotatable bonds is 7. The Morgan fingerprint density at radius 3 is 2.57 bits per heavy atom. The maximum absolute atomic E-state index is 12.4. The van der Waals surface area contributed by atoms with Gasteiger partial charge in [0.15, 0.2) is 0 Å². The lowest BCUT2D eigenvalue weighted by atomic mass is 10.1. The lowest BCUT2D eigenvalue weighted by Crippen LogP contribution is -2.52. The number of aliphatic hydroxyl groups excluding tert-OH is 1. The fourth-order valence-corrected chi connectivity index (χ4v) is 2.94. The molecule has 146 valence electrons. The van der Waals surface area contributed by atoms with Gasteiger partial charge in [0.25, 0.3) is 0 Å². The van der Waals surface area contributed by atoms with Crippen molar-refractivity contribution in [2.75, 3.05) is 0 Å². The van der Waals surface area contributed by atoms with Crippen LogP contribution in [-0.4, -0.2) is 39.0 Å². The minimum absolute atomic E-state index is 0.0129. The smallest absolute Gasteiger partial charge is 0.245 e. The summed E-state index contributed by atoms with van der Waals surface area (Å²) in [6.07, 6.45) is 0.206. The standard InChI is InChI=1S/C18H17Cl2N5O3/c1-10(26)17(18(28)23-9-14-2-3-22-15(8-21)24-14)25-16(27)6-11-4-12(19)7-13(20)5-11/h2-5,7,10,17,26H,6,9H2,1H3,(H,23,28)(H,25,27)/t10-,17+/m1/s1. The number of nitrogens with zero attached hydrogens (tertiary/aromatic N) is 3. The third-order valence-electron chi connectivity index (χ3n) is 3.63. The van der Waals surface area contributed by atoms with Gasteiger partial charge in [0.1, 0.15) is 12.1 Å². The Bertz CT molecular complexity index is 894. The molecule has 1 aromatic carbocycles. The quantitative estimate of drug-likeness (QED) is 0.619. The molecular formula is C18H17Cl2N5O3. The van der Waals surface area contributed by atoms with E-state index in [0.717, 1.165) is 0 Å². The topological polar surface area (TPSA) is 128 Å². The van der Waals surface area contributed by atoms with Crippen molar-refractivity contribution in [1.29, 1.82) is 5.26 Å². The Hall–Kier alpha value is -2.73. The molecule has 0 bridgehead atoms. The third-order valence-corrected chi connectivity index (χ3v) is 4.06. The Morgan fingerprint density at radius 2 is 1.96 bits per heavy atom.